The van der Waals surface area contributed by atoms with Crippen LogP contribution in [0.15, 0.2) is 18.2 Å². The summed E-state index contributed by atoms with van der Waals surface area (Å²) in [5.74, 6) is 0.245. The van der Waals surface area contributed by atoms with Gasteiger partial charge < -0.3 is 15.5 Å². The van der Waals surface area contributed by atoms with Crippen LogP contribution in [0.1, 0.15) is 30.1 Å². The third kappa shape index (κ3) is 5.96. The lowest BCUT2D eigenvalue weighted by molar-refractivity contribution is -0.120. The Morgan fingerprint density at radius 3 is 2.54 bits per heavy atom. The molecule has 1 aliphatic rings. The van der Waals surface area contributed by atoms with E-state index < -0.39 is 0 Å². The Labute approximate surface area is 152 Å². The summed E-state index contributed by atoms with van der Waals surface area (Å²) in [5, 5.41) is 6.10. The number of carbonyl (C=O) groups is 2. The van der Waals surface area contributed by atoms with Crippen molar-refractivity contribution < 1.29 is 9.59 Å². The van der Waals surface area contributed by atoms with Crippen LogP contribution in [0.4, 0.5) is 0 Å². The number of carbonyl (C=O) groups excluding carboxylic acids is 2. The lowest BCUT2D eigenvalue weighted by Gasteiger charge is -2.30. The minimum Gasteiger partial charge on any atom is -0.353 e. The Bertz CT molecular complexity index is 587. The molecule has 1 aliphatic heterocycles. The van der Waals surface area contributed by atoms with Gasteiger partial charge >= 0.3 is 0 Å². The third-order valence-corrected chi connectivity index (χ3v) is 4.96. The van der Waals surface area contributed by atoms with Crippen molar-refractivity contribution in [2.75, 3.05) is 32.7 Å². The molecular formula is C17H23Cl2N3O2. The van der Waals surface area contributed by atoms with Crippen LogP contribution in [0, 0.1) is 5.92 Å². The van der Waals surface area contributed by atoms with Crippen molar-refractivity contribution in [3.8, 4) is 0 Å². The molecule has 1 fully saturated rings. The van der Waals surface area contributed by atoms with Crippen LogP contribution >= 0.6 is 23.2 Å². The number of halogens is 2. The second-order valence-electron chi connectivity index (χ2n) is 6.19. The Morgan fingerprint density at radius 1 is 1.17 bits per heavy atom. The molecule has 0 radical (unpaired) electrons. The third-order valence-electron chi connectivity index (χ3n) is 4.22. The number of benzene rings is 1. The average Bonchev–Trinajstić information content (AvgIpc) is 2.57. The molecule has 2 amide bonds. The van der Waals surface area contributed by atoms with Crippen molar-refractivity contribution in [3.05, 3.63) is 33.8 Å². The topological polar surface area (TPSA) is 61.4 Å². The zero-order chi connectivity index (χ0) is 17.5. The van der Waals surface area contributed by atoms with E-state index in [0.29, 0.717) is 22.2 Å². The van der Waals surface area contributed by atoms with Gasteiger partial charge in [-0.05, 0) is 50.0 Å². The molecule has 0 atom stereocenters. The van der Waals surface area contributed by atoms with Crippen molar-refractivity contribution >= 4 is 35.0 Å². The van der Waals surface area contributed by atoms with Crippen LogP contribution in [0.2, 0.25) is 10.0 Å². The van der Waals surface area contributed by atoms with Gasteiger partial charge in [0, 0.05) is 18.7 Å². The number of hydrogen-bond acceptors (Lipinski definition) is 3. The van der Waals surface area contributed by atoms with Crippen molar-refractivity contribution in [1.82, 2.24) is 15.5 Å². The first-order valence-corrected chi connectivity index (χ1v) is 8.93. The highest BCUT2D eigenvalue weighted by Crippen LogP contribution is 2.22. The number of piperidine rings is 1. The van der Waals surface area contributed by atoms with Gasteiger partial charge in [0.1, 0.15) is 0 Å². The number of rotatable bonds is 6. The predicted octanol–water partition coefficient (Wildman–Crippen LogP) is 2.57. The number of nitrogens with zero attached hydrogens (tertiary/aromatic N) is 1. The van der Waals surface area contributed by atoms with Gasteiger partial charge in [-0.25, -0.2) is 0 Å². The predicted molar refractivity (Wildman–Crippen MR) is 96.6 cm³/mol. The second-order valence-corrected chi connectivity index (χ2v) is 7.00. The van der Waals surface area contributed by atoms with E-state index in [9.17, 15) is 9.59 Å². The van der Waals surface area contributed by atoms with Gasteiger partial charge in [-0.15, -0.1) is 0 Å². The molecule has 1 aromatic carbocycles. The number of hydrogen-bond donors (Lipinski definition) is 2. The van der Waals surface area contributed by atoms with E-state index in [1.807, 2.05) is 0 Å². The highest BCUT2D eigenvalue weighted by molar-refractivity contribution is 6.42. The summed E-state index contributed by atoms with van der Waals surface area (Å²) in [6.07, 6.45) is 2.43. The molecule has 1 aromatic rings. The Morgan fingerprint density at radius 2 is 1.88 bits per heavy atom. The molecule has 0 aliphatic carbocycles. The molecule has 2 rings (SSSR count). The zero-order valence-corrected chi connectivity index (χ0v) is 15.3. The summed E-state index contributed by atoms with van der Waals surface area (Å²) in [4.78, 5) is 26.1. The smallest absolute Gasteiger partial charge is 0.251 e. The number of amides is 2. The summed E-state index contributed by atoms with van der Waals surface area (Å²) < 4.78 is 0. The van der Waals surface area contributed by atoms with Crippen molar-refractivity contribution in [2.24, 2.45) is 5.92 Å². The van der Waals surface area contributed by atoms with Crippen LogP contribution in [0.3, 0.4) is 0 Å². The second kappa shape index (κ2) is 9.25. The maximum Gasteiger partial charge on any atom is 0.251 e. The van der Waals surface area contributed by atoms with E-state index in [1.54, 1.807) is 12.1 Å². The van der Waals surface area contributed by atoms with Gasteiger partial charge in [-0.2, -0.15) is 0 Å². The summed E-state index contributed by atoms with van der Waals surface area (Å²) in [6.45, 7) is 5.83. The molecule has 1 saturated heterocycles. The van der Waals surface area contributed by atoms with E-state index in [2.05, 4.69) is 22.5 Å². The lowest BCUT2D eigenvalue weighted by Crippen LogP contribution is -2.42. The summed E-state index contributed by atoms with van der Waals surface area (Å²) in [6, 6.07) is 4.60. The monoisotopic (exact) mass is 371 g/mol. The first kappa shape index (κ1) is 19.0. The minimum atomic E-state index is -0.353. The molecular weight excluding hydrogens is 349 g/mol. The fraction of sp³-hybridized carbons (Fsp3) is 0.529. The van der Waals surface area contributed by atoms with Crippen LogP contribution in [-0.2, 0) is 4.79 Å². The molecule has 5 nitrogen and oxygen atoms in total. The van der Waals surface area contributed by atoms with Crippen molar-refractivity contribution in [3.63, 3.8) is 0 Å². The van der Waals surface area contributed by atoms with E-state index in [-0.39, 0.29) is 18.4 Å². The molecule has 0 spiro atoms. The fourth-order valence-electron chi connectivity index (χ4n) is 2.60. The highest BCUT2D eigenvalue weighted by Gasteiger charge is 2.15. The first-order valence-electron chi connectivity index (χ1n) is 8.18. The SMILES string of the molecule is CC1CCN(CCNC(=O)CNC(=O)c2ccc(Cl)c(Cl)c2)CC1. The van der Waals surface area contributed by atoms with E-state index in [1.165, 1.54) is 18.9 Å². The van der Waals surface area contributed by atoms with Crippen molar-refractivity contribution in [2.45, 2.75) is 19.8 Å². The Kier molecular flexibility index (Phi) is 7.34. The van der Waals surface area contributed by atoms with Gasteiger partial charge in [0.2, 0.25) is 5.91 Å². The Hall–Kier alpha value is -1.30. The molecule has 24 heavy (non-hydrogen) atoms. The van der Waals surface area contributed by atoms with Gasteiger partial charge in [-0.3, -0.25) is 9.59 Å². The van der Waals surface area contributed by atoms with E-state index in [0.717, 1.165) is 25.6 Å². The first-order chi connectivity index (χ1) is 11.5. The van der Waals surface area contributed by atoms with Gasteiger partial charge in [0.15, 0.2) is 0 Å². The molecule has 1 heterocycles. The Balaban J connectivity index is 1.65. The van der Waals surface area contributed by atoms with Gasteiger partial charge in [0.25, 0.3) is 5.91 Å². The summed E-state index contributed by atoms with van der Waals surface area (Å²) in [5.41, 5.74) is 0.375. The molecule has 0 saturated carbocycles. The maximum atomic E-state index is 12.0. The molecule has 132 valence electrons. The summed E-state index contributed by atoms with van der Waals surface area (Å²) in [7, 11) is 0. The molecule has 0 aromatic heterocycles. The van der Waals surface area contributed by atoms with Crippen LogP contribution < -0.4 is 10.6 Å². The largest absolute Gasteiger partial charge is 0.353 e. The normalized spacial score (nSPS) is 16.0. The molecule has 0 bridgehead atoms. The maximum absolute atomic E-state index is 12.0. The minimum absolute atomic E-state index is 0.0594. The molecule has 7 heteroatoms. The molecule has 0 unspecified atom stereocenters. The standard InChI is InChI=1S/C17H23Cl2N3O2/c1-12-4-7-22(8-5-12)9-6-20-16(23)11-21-17(24)13-2-3-14(18)15(19)10-13/h2-3,10,12H,4-9,11H2,1H3,(H,20,23)(H,21,24). The van der Waals surface area contributed by atoms with Crippen LogP contribution in [0.25, 0.3) is 0 Å². The number of likely N-dealkylation sites (tertiary alicyclic amines) is 1. The zero-order valence-electron chi connectivity index (χ0n) is 13.8. The summed E-state index contributed by atoms with van der Waals surface area (Å²) >= 11 is 11.7. The van der Waals surface area contributed by atoms with Crippen molar-refractivity contribution in [1.29, 1.82) is 0 Å². The fourth-order valence-corrected chi connectivity index (χ4v) is 2.90. The molecule has 2 N–H and O–H groups in total. The van der Waals surface area contributed by atoms with E-state index in [4.69, 9.17) is 23.2 Å². The van der Waals surface area contributed by atoms with Crippen LogP contribution in [0.5, 0.6) is 0 Å². The number of nitrogens with one attached hydrogen (secondary N) is 2. The average molecular weight is 372 g/mol. The van der Waals surface area contributed by atoms with E-state index >= 15 is 0 Å². The lowest BCUT2D eigenvalue weighted by atomic mass is 9.99. The highest BCUT2D eigenvalue weighted by atomic mass is 35.5. The quantitative estimate of drug-likeness (QED) is 0.807. The van der Waals surface area contributed by atoms with Gasteiger partial charge in [0.05, 0.1) is 16.6 Å². The van der Waals surface area contributed by atoms with Crippen LogP contribution in [-0.4, -0.2) is 49.4 Å². The van der Waals surface area contributed by atoms with Gasteiger partial charge in [-0.1, -0.05) is 30.1 Å².